The number of aliphatic carboxylic acids is 1. The van der Waals surface area contributed by atoms with Crippen molar-refractivity contribution in [3.63, 3.8) is 0 Å². The van der Waals surface area contributed by atoms with Gasteiger partial charge in [0.25, 0.3) is 0 Å². The fraction of sp³-hybridized carbons (Fsp3) is 0.542. The van der Waals surface area contributed by atoms with Gasteiger partial charge in [0.2, 0.25) is 23.6 Å². The minimum absolute atomic E-state index is 0.0221. The Kier molecular flexibility index (Phi) is 11.3. The summed E-state index contributed by atoms with van der Waals surface area (Å²) in [7, 11) is 0. The molecule has 4 unspecified atom stereocenters. The highest BCUT2D eigenvalue weighted by Gasteiger charge is 2.39. The van der Waals surface area contributed by atoms with Crippen LogP contribution >= 0.6 is 0 Å². The molecule has 0 aromatic heterocycles. The largest absolute Gasteiger partial charge is 0.508 e. The molecular weight excluding hydrogens is 484 g/mol. The summed E-state index contributed by atoms with van der Waals surface area (Å²) >= 11 is 0. The highest BCUT2D eigenvalue weighted by atomic mass is 16.4. The quantitative estimate of drug-likeness (QED) is 0.138. The van der Waals surface area contributed by atoms with E-state index in [2.05, 4.69) is 10.6 Å². The zero-order chi connectivity index (χ0) is 27.5. The lowest BCUT2D eigenvalue weighted by Gasteiger charge is -2.29. The molecule has 1 aromatic rings. The first-order chi connectivity index (χ1) is 17.5. The highest BCUT2D eigenvalue weighted by Crippen LogP contribution is 2.20. The number of hydrogen-bond donors (Lipinski definition) is 7. The summed E-state index contributed by atoms with van der Waals surface area (Å²) in [6, 6.07) is 1.41. The van der Waals surface area contributed by atoms with Crippen LogP contribution in [0, 0.1) is 0 Å². The van der Waals surface area contributed by atoms with Gasteiger partial charge in [0.1, 0.15) is 23.9 Å². The van der Waals surface area contributed by atoms with Gasteiger partial charge in [0.05, 0.1) is 12.5 Å². The molecule has 13 nitrogen and oxygen atoms in total. The number of likely N-dealkylation sites (tertiary alicyclic amines) is 1. The number of amides is 4. The number of carboxylic acid groups (broad SMARTS) is 1. The smallest absolute Gasteiger partial charge is 0.326 e. The lowest BCUT2D eigenvalue weighted by atomic mass is 10.0. The van der Waals surface area contributed by atoms with Crippen LogP contribution in [0.1, 0.15) is 44.1 Å². The van der Waals surface area contributed by atoms with Crippen molar-refractivity contribution in [3.05, 3.63) is 29.8 Å². The number of aromatic hydroxyl groups is 1. The van der Waals surface area contributed by atoms with Crippen molar-refractivity contribution in [2.45, 2.75) is 69.1 Å². The predicted molar refractivity (Wildman–Crippen MR) is 133 cm³/mol. The van der Waals surface area contributed by atoms with E-state index in [4.69, 9.17) is 17.2 Å². The SMILES string of the molecule is NCCCCC(N)C(=O)NC(CC(N)=O)C(=O)N1CCCC1C(=O)NC(Cc1ccc(O)cc1)C(=O)O. The third-order valence-electron chi connectivity index (χ3n) is 6.16. The Labute approximate surface area is 214 Å². The summed E-state index contributed by atoms with van der Waals surface area (Å²) in [6.45, 7) is 0.632. The number of phenols is 1. The Hall–Kier alpha value is -3.71. The molecule has 37 heavy (non-hydrogen) atoms. The van der Waals surface area contributed by atoms with Crippen molar-refractivity contribution in [2.24, 2.45) is 17.2 Å². The van der Waals surface area contributed by atoms with Gasteiger partial charge in [-0.3, -0.25) is 19.2 Å². The second kappa shape index (κ2) is 14.1. The van der Waals surface area contributed by atoms with Crippen LogP contribution in [0.4, 0.5) is 0 Å². The Morgan fingerprint density at radius 1 is 1.05 bits per heavy atom. The van der Waals surface area contributed by atoms with E-state index < -0.39 is 60.2 Å². The number of phenolic OH excluding ortho intramolecular Hbond substituents is 1. The molecule has 1 aliphatic rings. The molecule has 0 aliphatic carbocycles. The molecule has 0 bridgehead atoms. The average molecular weight is 521 g/mol. The van der Waals surface area contributed by atoms with Crippen LogP contribution in [-0.2, 0) is 30.4 Å². The molecule has 204 valence electrons. The average Bonchev–Trinajstić information content (AvgIpc) is 3.34. The molecule has 2 rings (SSSR count). The third-order valence-corrected chi connectivity index (χ3v) is 6.16. The number of carbonyl (C=O) groups is 5. The first kappa shape index (κ1) is 29.5. The number of nitrogens with one attached hydrogen (secondary N) is 2. The van der Waals surface area contributed by atoms with Crippen LogP contribution in [-0.4, -0.2) is 82.0 Å². The second-order valence-electron chi connectivity index (χ2n) is 9.08. The van der Waals surface area contributed by atoms with Crippen LogP contribution < -0.4 is 27.8 Å². The van der Waals surface area contributed by atoms with Gasteiger partial charge in [0, 0.05) is 13.0 Å². The van der Waals surface area contributed by atoms with Gasteiger partial charge >= 0.3 is 5.97 Å². The number of nitrogens with two attached hydrogens (primary N) is 3. The first-order valence-corrected chi connectivity index (χ1v) is 12.2. The van der Waals surface area contributed by atoms with Gasteiger partial charge in [-0.1, -0.05) is 18.6 Å². The van der Waals surface area contributed by atoms with Crippen LogP contribution in [0.3, 0.4) is 0 Å². The molecule has 1 heterocycles. The summed E-state index contributed by atoms with van der Waals surface area (Å²) in [4.78, 5) is 63.5. The Balaban J connectivity index is 2.09. The maximum Gasteiger partial charge on any atom is 0.326 e. The summed E-state index contributed by atoms with van der Waals surface area (Å²) in [5.74, 6) is -4.04. The van der Waals surface area contributed by atoms with Crippen molar-refractivity contribution in [3.8, 4) is 5.75 Å². The zero-order valence-electron chi connectivity index (χ0n) is 20.6. The molecule has 0 radical (unpaired) electrons. The van der Waals surface area contributed by atoms with E-state index in [1.165, 1.54) is 17.0 Å². The Morgan fingerprint density at radius 3 is 2.32 bits per heavy atom. The molecule has 1 fully saturated rings. The number of benzene rings is 1. The van der Waals surface area contributed by atoms with E-state index in [-0.39, 0.29) is 25.1 Å². The number of carbonyl (C=O) groups excluding carboxylic acids is 4. The maximum absolute atomic E-state index is 13.3. The van der Waals surface area contributed by atoms with E-state index in [1.54, 1.807) is 12.1 Å². The Morgan fingerprint density at radius 2 is 1.73 bits per heavy atom. The van der Waals surface area contributed by atoms with Crippen LogP contribution in [0.2, 0.25) is 0 Å². The molecule has 1 aliphatic heterocycles. The van der Waals surface area contributed by atoms with E-state index >= 15 is 0 Å². The fourth-order valence-corrected chi connectivity index (χ4v) is 4.16. The van der Waals surface area contributed by atoms with Crippen molar-refractivity contribution < 1.29 is 34.2 Å². The summed E-state index contributed by atoms with van der Waals surface area (Å²) in [6.07, 6.45) is 1.86. The van der Waals surface area contributed by atoms with Crippen molar-refractivity contribution in [1.82, 2.24) is 15.5 Å². The molecule has 0 saturated carbocycles. The van der Waals surface area contributed by atoms with E-state index in [1.807, 2.05) is 0 Å². The third kappa shape index (κ3) is 9.03. The molecule has 0 spiro atoms. The zero-order valence-corrected chi connectivity index (χ0v) is 20.6. The first-order valence-electron chi connectivity index (χ1n) is 12.2. The number of rotatable bonds is 14. The number of hydrogen-bond acceptors (Lipinski definition) is 8. The van der Waals surface area contributed by atoms with Gasteiger partial charge in [-0.25, -0.2) is 4.79 Å². The number of carboxylic acids is 1. The maximum atomic E-state index is 13.3. The van der Waals surface area contributed by atoms with Crippen molar-refractivity contribution >= 4 is 29.6 Å². The van der Waals surface area contributed by atoms with Crippen LogP contribution in [0.25, 0.3) is 0 Å². The van der Waals surface area contributed by atoms with Crippen molar-refractivity contribution in [2.75, 3.05) is 13.1 Å². The van der Waals surface area contributed by atoms with Gasteiger partial charge < -0.3 is 42.9 Å². The lowest BCUT2D eigenvalue weighted by Crippen LogP contribution is -2.57. The van der Waals surface area contributed by atoms with Crippen LogP contribution in [0.5, 0.6) is 5.75 Å². The standard InChI is InChI=1S/C24H36N6O7/c25-10-2-1-4-16(26)21(33)28-17(13-20(27)32)23(35)30-11-3-5-19(30)22(34)29-18(24(36)37)12-14-6-8-15(31)9-7-14/h6-9,16-19,31H,1-5,10-13,25-26H2,(H2,27,32)(H,28,33)(H,29,34)(H,36,37). The second-order valence-corrected chi connectivity index (χ2v) is 9.08. The molecule has 4 atom stereocenters. The molecule has 4 amide bonds. The minimum atomic E-state index is -1.31. The monoisotopic (exact) mass is 520 g/mol. The number of primary amides is 1. The van der Waals surface area contributed by atoms with Gasteiger partial charge in [-0.2, -0.15) is 0 Å². The normalized spacial score (nSPS) is 17.5. The molecule has 10 N–H and O–H groups in total. The van der Waals surface area contributed by atoms with Crippen molar-refractivity contribution in [1.29, 1.82) is 0 Å². The summed E-state index contributed by atoms with van der Waals surface area (Å²) < 4.78 is 0. The molecular formula is C24H36N6O7. The van der Waals surface area contributed by atoms with Crippen LogP contribution in [0.15, 0.2) is 24.3 Å². The Bertz CT molecular complexity index is 971. The highest BCUT2D eigenvalue weighted by molar-refractivity contribution is 5.96. The van der Waals surface area contributed by atoms with Gasteiger partial charge in [-0.05, 0) is 49.9 Å². The van der Waals surface area contributed by atoms with Gasteiger partial charge in [-0.15, -0.1) is 0 Å². The molecule has 13 heteroatoms. The lowest BCUT2D eigenvalue weighted by molar-refractivity contribution is -0.145. The van der Waals surface area contributed by atoms with E-state index in [0.29, 0.717) is 37.8 Å². The predicted octanol–water partition coefficient (Wildman–Crippen LogP) is -1.69. The number of nitrogens with zero attached hydrogens (tertiary/aromatic N) is 1. The summed E-state index contributed by atoms with van der Waals surface area (Å²) in [5.41, 5.74) is 17.2. The topological polar surface area (TPSA) is 231 Å². The van der Waals surface area contributed by atoms with Gasteiger partial charge in [0.15, 0.2) is 0 Å². The molecule has 1 aromatic carbocycles. The fourth-order valence-electron chi connectivity index (χ4n) is 4.16. The van der Waals surface area contributed by atoms with E-state index in [0.717, 1.165) is 0 Å². The van der Waals surface area contributed by atoms with E-state index in [9.17, 15) is 34.2 Å². The summed E-state index contributed by atoms with van der Waals surface area (Å²) in [5, 5.41) is 24.0. The minimum Gasteiger partial charge on any atom is -0.508 e. The number of unbranched alkanes of at least 4 members (excludes halogenated alkanes) is 1. The molecule has 1 saturated heterocycles.